The van der Waals surface area contributed by atoms with Crippen LogP contribution in [0.15, 0.2) is 18.2 Å². The van der Waals surface area contributed by atoms with E-state index in [1.54, 1.807) is 0 Å². The first-order valence-corrected chi connectivity index (χ1v) is 9.13. The molecule has 0 spiro atoms. The summed E-state index contributed by atoms with van der Waals surface area (Å²) in [7, 11) is 0. The summed E-state index contributed by atoms with van der Waals surface area (Å²) in [5.41, 5.74) is 2.68. The van der Waals surface area contributed by atoms with Crippen molar-refractivity contribution in [2.45, 2.75) is 25.8 Å². The van der Waals surface area contributed by atoms with Crippen LogP contribution in [0.3, 0.4) is 0 Å². The highest BCUT2D eigenvalue weighted by Crippen LogP contribution is 2.26. The topological polar surface area (TPSA) is 42.0 Å². The van der Waals surface area contributed by atoms with E-state index in [2.05, 4.69) is 28.0 Å². The lowest BCUT2D eigenvalue weighted by Crippen LogP contribution is -2.39. The number of carbonyl (C=O) groups is 1. The summed E-state index contributed by atoms with van der Waals surface area (Å²) in [6, 6.07) is 6.56. The molecule has 1 atom stereocenters. The molecule has 2 saturated heterocycles. The van der Waals surface area contributed by atoms with Crippen LogP contribution in [0.1, 0.15) is 24.0 Å². The van der Waals surface area contributed by atoms with Crippen LogP contribution >= 0.6 is 0 Å². The summed E-state index contributed by atoms with van der Waals surface area (Å²) >= 11 is 0. The van der Waals surface area contributed by atoms with E-state index in [9.17, 15) is 4.79 Å². The largest absolute Gasteiger partial charge is 0.493 e. The Kier molecular flexibility index (Phi) is 4.72. The maximum atomic E-state index is 12.6. The molecule has 1 unspecified atom stereocenters. The summed E-state index contributed by atoms with van der Waals surface area (Å²) in [5.74, 6) is 1.43. The lowest BCUT2D eigenvalue weighted by molar-refractivity contribution is -0.135. The second-order valence-electron chi connectivity index (χ2n) is 7.06. The van der Waals surface area contributed by atoms with Gasteiger partial charge in [0.15, 0.2) is 0 Å². The zero-order valence-electron chi connectivity index (χ0n) is 14.2. The first-order valence-electron chi connectivity index (χ1n) is 9.13. The van der Waals surface area contributed by atoms with Gasteiger partial charge in [0.05, 0.1) is 19.1 Å². The molecule has 5 nitrogen and oxygen atoms in total. The van der Waals surface area contributed by atoms with E-state index in [4.69, 9.17) is 9.47 Å². The molecule has 1 amide bonds. The molecule has 1 aromatic rings. The van der Waals surface area contributed by atoms with Crippen molar-refractivity contribution in [1.82, 2.24) is 9.80 Å². The molecular weight excluding hydrogens is 304 g/mol. The van der Waals surface area contributed by atoms with Gasteiger partial charge in [0.25, 0.3) is 0 Å². The highest BCUT2D eigenvalue weighted by molar-refractivity contribution is 5.79. The van der Waals surface area contributed by atoms with E-state index in [-0.39, 0.29) is 5.92 Å². The van der Waals surface area contributed by atoms with Crippen LogP contribution in [0.2, 0.25) is 0 Å². The molecule has 1 aromatic carbocycles. The molecule has 2 fully saturated rings. The van der Waals surface area contributed by atoms with Crippen LogP contribution in [0.25, 0.3) is 0 Å². The maximum Gasteiger partial charge on any atom is 0.228 e. The Hall–Kier alpha value is -1.59. The Morgan fingerprint density at radius 2 is 2.12 bits per heavy atom. The summed E-state index contributed by atoms with van der Waals surface area (Å²) in [6.45, 7) is 6.83. The van der Waals surface area contributed by atoms with E-state index >= 15 is 0 Å². The van der Waals surface area contributed by atoms with Crippen molar-refractivity contribution in [1.29, 1.82) is 0 Å². The molecule has 0 saturated carbocycles. The number of nitrogens with zero attached hydrogens (tertiary/aromatic N) is 2. The summed E-state index contributed by atoms with van der Waals surface area (Å²) in [6.07, 6.45) is 2.96. The monoisotopic (exact) mass is 330 g/mol. The molecule has 3 aliphatic rings. The minimum absolute atomic E-state index is 0.0910. The van der Waals surface area contributed by atoms with Gasteiger partial charge in [-0.15, -0.1) is 0 Å². The Morgan fingerprint density at radius 3 is 3.00 bits per heavy atom. The molecule has 130 valence electrons. The fourth-order valence-corrected chi connectivity index (χ4v) is 3.93. The molecule has 0 N–H and O–H groups in total. The van der Waals surface area contributed by atoms with E-state index < -0.39 is 0 Å². The Morgan fingerprint density at radius 1 is 1.17 bits per heavy atom. The van der Waals surface area contributed by atoms with Crippen LogP contribution in [-0.4, -0.2) is 61.7 Å². The summed E-state index contributed by atoms with van der Waals surface area (Å²) in [5, 5.41) is 0. The van der Waals surface area contributed by atoms with Crippen LogP contribution < -0.4 is 4.74 Å². The first-order chi connectivity index (χ1) is 11.8. The van der Waals surface area contributed by atoms with Gasteiger partial charge in [-0.3, -0.25) is 9.69 Å². The zero-order valence-corrected chi connectivity index (χ0v) is 14.2. The average molecular weight is 330 g/mol. The van der Waals surface area contributed by atoms with Crippen molar-refractivity contribution < 1.29 is 14.3 Å². The van der Waals surface area contributed by atoms with E-state index in [0.29, 0.717) is 12.5 Å². The molecule has 3 heterocycles. The second-order valence-corrected chi connectivity index (χ2v) is 7.06. The predicted octanol–water partition coefficient (Wildman–Crippen LogP) is 1.69. The van der Waals surface area contributed by atoms with Crippen molar-refractivity contribution >= 4 is 5.91 Å². The van der Waals surface area contributed by atoms with Gasteiger partial charge in [0.1, 0.15) is 5.75 Å². The van der Waals surface area contributed by atoms with Gasteiger partial charge in [0, 0.05) is 45.8 Å². The Bertz CT molecular complexity index is 598. The maximum absolute atomic E-state index is 12.6. The van der Waals surface area contributed by atoms with E-state index in [1.165, 1.54) is 11.1 Å². The molecule has 4 rings (SSSR count). The number of benzene rings is 1. The molecule has 24 heavy (non-hydrogen) atoms. The molecule has 0 aromatic heterocycles. The Balaban J connectivity index is 1.34. The third-order valence-electron chi connectivity index (χ3n) is 5.34. The quantitative estimate of drug-likeness (QED) is 0.846. The minimum atomic E-state index is 0.0910. The van der Waals surface area contributed by atoms with Crippen molar-refractivity contribution in [3.63, 3.8) is 0 Å². The van der Waals surface area contributed by atoms with E-state index in [0.717, 1.165) is 70.9 Å². The van der Waals surface area contributed by atoms with Gasteiger partial charge in [-0.25, -0.2) is 0 Å². The molecule has 5 heteroatoms. The second kappa shape index (κ2) is 7.11. The normalized spacial score (nSPS) is 24.5. The van der Waals surface area contributed by atoms with Crippen LogP contribution in [0.4, 0.5) is 0 Å². The zero-order chi connectivity index (χ0) is 16.4. The third kappa shape index (κ3) is 3.42. The molecule has 0 radical (unpaired) electrons. The number of hydrogen-bond donors (Lipinski definition) is 0. The number of fused-ring (bicyclic) bond motifs is 1. The van der Waals surface area contributed by atoms with Crippen molar-refractivity contribution in [2.75, 3.05) is 46.0 Å². The fraction of sp³-hybridized carbons (Fsp3) is 0.632. The number of hydrogen-bond acceptors (Lipinski definition) is 4. The number of amides is 1. The third-order valence-corrected chi connectivity index (χ3v) is 5.34. The van der Waals surface area contributed by atoms with Gasteiger partial charge in [0.2, 0.25) is 5.91 Å². The minimum Gasteiger partial charge on any atom is -0.493 e. The van der Waals surface area contributed by atoms with Gasteiger partial charge in [-0.1, -0.05) is 12.1 Å². The Labute approximate surface area is 143 Å². The van der Waals surface area contributed by atoms with Gasteiger partial charge >= 0.3 is 0 Å². The number of carbonyl (C=O) groups excluding carboxylic acids is 1. The molecule has 0 bridgehead atoms. The van der Waals surface area contributed by atoms with E-state index in [1.807, 2.05) is 0 Å². The van der Waals surface area contributed by atoms with Crippen LogP contribution in [0, 0.1) is 5.92 Å². The summed E-state index contributed by atoms with van der Waals surface area (Å²) in [4.78, 5) is 17.1. The number of ether oxygens (including phenoxy) is 2. The molecular formula is C19H26N2O3. The highest BCUT2D eigenvalue weighted by Gasteiger charge is 2.29. The van der Waals surface area contributed by atoms with Crippen molar-refractivity contribution in [3.8, 4) is 5.75 Å². The first kappa shape index (κ1) is 15.9. The van der Waals surface area contributed by atoms with Crippen molar-refractivity contribution in [3.05, 3.63) is 29.3 Å². The van der Waals surface area contributed by atoms with Gasteiger partial charge < -0.3 is 14.4 Å². The fourth-order valence-electron chi connectivity index (χ4n) is 3.93. The lowest BCUT2D eigenvalue weighted by atomic mass is 10.1. The average Bonchev–Trinajstić information content (AvgIpc) is 3.23. The SMILES string of the molecule is O=C(C1CCOC1)N1CCCN(Cc2ccc3c(c2)CCO3)CC1. The predicted molar refractivity (Wildman–Crippen MR) is 91.0 cm³/mol. The number of rotatable bonds is 3. The lowest BCUT2D eigenvalue weighted by Gasteiger charge is -2.24. The van der Waals surface area contributed by atoms with Crippen LogP contribution in [-0.2, 0) is 22.5 Å². The summed E-state index contributed by atoms with van der Waals surface area (Å²) < 4.78 is 11.0. The standard InChI is InChI=1S/C19H26N2O3/c22-19(17-4-10-23-14-17)21-7-1-6-20(8-9-21)13-15-2-3-18-16(12-15)5-11-24-18/h2-3,12,17H,1,4-11,13-14H2. The van der Waals surface area contributed by atoms with Gasteiger partial charge in [-0.05, 0) is 30.0 Å². The van der Waals surface area contributed by atoms with Crippen LogP contribution in [0.5, 0.6) is 5.75 Å². The molecule has 0 aliphatic carbocycles. The smallest absolute Gasteiger partial charge is 0.228 e. The van der Waals surface area contributed by atoms with Crippen molar-refractivity contribution in [2.24, 2.45) is 5.92 Å². The highest BCUT2D eigenvalue weighted by atomic mass is 16.5. The molecule has 3 aliphatic heterocycles. The van der Waals surface area contributed by atoms with Gasteiger partial charge in [-0.2, -0.15) is 0 Å².